The molecular formula is C6H10O3. The SMILES string of the molecule is CCOC(=O)[C@@H]1CCO1. The summed E-state index contributed by atoms with van der Waals surface area (Å²) in [5.74, 6) is -0.219. The first-order valence-corrected chi connectivity index (χ1v) is 3.13. The van der Waals surface area contributed by atoms with Crippen molar-refractivity contribution in [2.75, 3.05) is 13.2 Å². The molecule has 1 rings (SSSR count). The molecule has 0 N–H and O–H groups in total. The monoisotopic (exact) mass is 130 g/mol. The Bertz CT molecular complexity index is 107. The largest absolute Gasteiger partial charge is 0.464 e. The van der Waals surface area contributed by atoms with Gasteiger partial charge in [0.2, 0.25) is 0 Å². The molecule has 0 spiro atoms. The summed E-state index contributed by atoms with van der Waals surface area (Å²) < 4.78 is 9.55. The Balaban J connectivity index is 2.16. The van der Waals surface area contributed by atoms with Crippen molar-refractivity contribution in [3.05, 3.63) is 0 Å². The second-order valence-electron chi connectivity index (χ2n) is 1.90. The average molecular weight is 130 g/mol. The lowest BCUT2D eigenvalue weighted by molar-refractivity contribution is -0.169. The molecule has 3 heteroatoms. The van der Waals surface area contributed by atoms with E-state index in [1.807, 2.05) is 0 Å². The van der Waals surface area contributed by atoms with Crippen LogP contribution in [0.3, 0.4) is 0 Å². The van der Waals surface area contributed by atoms with E-state index in [4.69, 9.17) is 4.74 Å². The van der Waals surface area contributed by atoms with Gasteiger partial charge in [0.05, 0.1) is 13.2 Å². The van der Waals surface area contributed by atoms with E-state index in [9.17, 15) is 4.79 Å². The molecule has 9 heavy (non-hydrogen) atoms. The van der Waals surface area contributed by atoms with Crippen LogP contribution in [0.25, 0.3) is 0 Å². The lowest BCUT2D eigenvalue weighted by Gasteiger charge is -2.23. The maximum Gasteiger partial charge on any atom is 0.335 e. The minimum Gasteiger partial charge on any atom is -0.464 e. The van der Waals surface area contributed by atoms with Gasteiger partial charge in [-0.05, 0) is 6.92 Å². The van der Waals surface area contributed by atoms with Gasteiger partial charge < -0.3 is 9.47 Å². The minimum atomic E-state index is -0.259. The fourth-order valence-electron chi connectivity index (χ4n) is 0.657. The summed E-state index contributed by atoms with van der Waals surface area (Å²) in [6.45, 7) is 2.93. The van der Waals surface area contributed by atoms with Gasteiger partial charge in [0.25, 0.3) is 0 Å². The van der Waals surface area contributed by atoms with Crippen molar-refractivity contribution in [3.8, 4) is 0 Å². The number of hydrogen-bond donors (Lipinski definition) is 0. The molecule has 0 radical (unpaired) electrons. The van der Waals surface area contributed by atoms with Crippen molar-refractivity contribution in [3.63, 3.8) is 0 Å². The molecule has 1 heterocycles. The predicted molar refractivity (Wildman–Crippen MR) is 31.0 cm³/mol. The Morgan fingerprint density at radius 2 is 2.56 bits per heavy atom. The summed E-state index contributed by atoms with van der Waals surface area (Å²) in [5, 5.41) is 0. The topological polar surface area (TPSA) is 35.5 Å². The number of ether oxygens (including phenoxy) is 2. The molecule has 0 unspecified atom stereocenters. The maximum atomic E-state index is 10.7. The fraction of sp³-hybridized carbons (Fsp3) is 0.833. The van der Waals surface area contributed by atoms with E-state index in [0.717, 1.165) is 6.42 Å². The highest BCUT2D eigenvalue weighted by Crippen LogP contribution is 2.11. The molecule has 0 aromatic rings. The molecule has 0 aromatic heterocycles. The molecule has 0 amide bonds. The first-order chi connectivity index (χ1) is 4.34. The zero-order valence-electron chi connectivity index (χ0n) is 5.42. The van der Waals surface area contributed by atoms with Crippen LogP contribution in [0.4, 0.5) is 0 Å². The van der Waals surface area contributed by atoms with E-state index in [1.54, 1.807) is 6.92 Å². The van der Waals surface area contributed by atoms with Crippen molar-refractivity contribution < 1.29 is 14.3 Å². The summed E-state index contributed by atoms with van der Waals surface area (Å²) in [5.41, 5.74) is 0. The lowest BCUT2D eigenvalue weighted by Crippen LogP contribution is -2.36. The van der Waals surface area contributed by atoms with E-state index >= 15 is 0 Å². The van der Waals surface area contributed by atoms with E-state index in [1.165, 1.54) is 0 Å². The zero-order valence-corrected chi connectivity index (χ0v) is 5.42. The van der Waals surface area contributed by atoms with Crippen LogP contribution >= 0.6 is 0 Å². The standard InChI is InChI=1S/C6H10O3/c1-2-8-6(7)5-3-4-9-5/h5H,2-4H2,1H3/t5-/m0/s1. The van der Waals surface area contributed by atoms with Gasteiger partial charge in [-0.15, -0.1) is 0 Å². The first-order valence-electron chi connectivity index (χ1n) is 3.13. The third-order valence-electron chi connectivity index (χ3n) is 1.25. The van der Waals surface area contributed by atoms with Crippen LogP contribution in [0.5, 0.6) is 0 Å². The summed E-state index contributed by atoms with van der Waals surface area (Å²) in [6, 6.07) is 0. The van der Waals surface area contributed by atoms with E-state index in [0.29, 0.717) is 13.2 Å². The molecule has 1 saturated heterocycles. The van der Waals surface area contributed by atoms with Crippen LogP contribution in [0.15, 0.2) is 0 Å². The third kappa shape index (κ3) is 1.42. The van der Waals surface area contributed by atoms with Crippen LogP contribution < -0.4 is 0 Å². The minimum absolute atomic E-state index is 0.219. The number of rotatable bonds is 2. The highest BCUT2D eigenvalue weighted by atomic mass is 16.6. The van der Waals surface area contributed by atoms with Crippen LogP contribution in [0.1, 0.15) is 13.3 Å². The molecule has 3 nitrogen and oxygen atoms in total. The van der Waals surface area contributed by atoms with Crippen LogP contribution in [-0.2, 0) is 14.3 Å². The summed E-state index contributed by atoms with van der Waals surface area (Å²) in [4.78, 5) is 10.7. The predicted octanol–water partition coefficient (Wildman–Crippen LogP) is 0.338. The molecule has 0 saturated carbocycles. The maximum absolute atomic E-state index is 10.7. The normalized spacial score (nSPS) is 24.8. The summed E-state index contributed by atoms with van der Waals surface area (Å²) >= 11 is 0. The lowest BCUT2D eigenvalue weighted by atomic mass is 10.2. The van der Waals surface area contributed by atoms with Gasteiger partial charge in [0, 0.05) is 6.42 Å². The van der Waals surface area contributed by atoms with Gasteiger partial charge in [-0.25, -0.2) is 4.79 Å². The van der Waals surface area contributed by atoms with Gasteiger partial charge in [-0.3, -0.25) is 0 Å². The molecular weight excluding hydrogens is 120 g/mol. The number of hydrogen-bond acceptors (Lipinski definition) is 3. The molecule has 0 bridgehead atoms. The van der Waals surface area contributed by atoms with E-state index in [2.05, 4.69) is 4.74 Å². The zero-order chi connectivity index (χ0) is 6.69. The molecule has 1 atom stereocenters. The van der Waals surface area contributed by atoms with Crippen LogP contribution in [0, 0.1) is 0 Å². The highest BCUT2D eigenvalue weighted by Gasteiger charge is 2.27. The van der Waals surface area contributed by atoms with Gasteiger partial charge in [0.1, 0.15) is 0 Å². The average Bonchev–Trinajstić information content (AvgIpc) is 1.60. The van der Waals surface area contributed by atoms with Crippen molar-refractivity contribution in [2.45, 2.75) is 19.4 Å². The second kappa shape index (κ2) is 2.82. The van der Waals surface area contributed by atoms with E-state index < -0.39 is 0 Å². The number of carbonyl (C=O) groups is 1. The Kier molecular flexibility index (Phi) is 2.05. The van der Waals surface area contributed by atoms with Gasteiger partial charge in [0.15, 0.2) is 6.10 Å². The second-order valence-corrected chi connectivity index (χ2v) is 1.90. The number of carbonyl (C=O) groups excluding carboxylic acids is 1. The Labute approximate surface area is 53.9 Å². The molecule has 0 aliphatic carbocycles. The van der Waals surface area contributed by atoms with Crippen LogP contribution in [-0.4, -0.2) is 25.3 Å². The molecule has 0 aromatic carbocycles. The van der Waals surface area contributed by atoms with E-state index in [-0.39, 0.29) is 12.1 Å². The fourth-order valence-corrected chi connectivity index (χ4v) is 0.657. The van der Waals surface area contributed by atoms with Gasteiger partial charge >= 0.3 is 5.97 Å². The molecule has 1 aliphatic heterocycles. The van der Waals surface area contributed by atoms with Gasteiger partial charge in [-0.2, -0.15) is 0 Å². The smallest absolute Gasteiger partial charge is 0.335 e. The molecule has 1 aliphatic rings. The summed E-state index contributed by atoms with van der Waals surface area (Å²) in [6.07, 6.45) is 0.559. The number of esters is 1. The Hall–Kier alpha value is -0.570. The third-order valence-corrected chi connectivity index (χ3v) is 1.25. The van der Waals surface area contributed by atoms with Crippen molar-refractivity contribution in [1.82, 2.24) is 0 Å². The van der Waals surface area contributed by atoms with Crippen LogP contribution in [0.2, 0.25) is 0 Å². The molecule has 1 fully saturated rings. The summed E-state index contributed by atoms with van der Waals surface area (Å²) in [7, 11) is 0. The Morgan fingerprint density at radius 3 is 2.89 bits per heavy atom. The highest BCUT2D eigenvalue weighted by molar-refractivity contribution is 5.75. The molecule has 52 valence electrons. The van der Waals surface area contributed by atoms with Gasteiger partial charge in [-0.1, -0.05) is 0 Å². The van der Waals surface area contributed by atoms with Crippen molar-refractivity contribution >= 4 is 5.97 Å². The van der Waals surface area contributed by atoms with Crippen molar-refractivity contribution in [2.24, 2.45) is 0 Å². The first kappa shape index (κ1) is 6.55. The quantitative estimate of drug-likeness (QED) is 0.505. The Morgan fingerprint density at radius 1 is 1.89 bits per heavy atom. The van der Waals surface area contributed by atoms with Crippen molar-refractivity contribution in [1.29, 1.82) is 0 Å².